The zero-order chi connectivity index (χ0) is 21.7. The van der Waals surface area contributed by atoms with E-state index in [0.717, 1.165) is 33.3 Å². The Morgan fingerprint density at radius 3 is 2.03 bits per heavy atom. The summed E-state index contributed by atoms with van der Waals surface area (Å²) in [4.78, 5) is 3.57. The van der Waals surface area contributed by atoms with Crippen molar-refractivity contribution in [3.63, 3.8) is 0 Å². The molecule has 1 heterocycles. The summed E-state index contributed by atoms with van der Waals surface area (Å²) >= 11 is 0. The van der Waals surface area contributed by atoms with Gasteiger partial charge in [0.2, 0.25) is 11.0 Å². The van der Waals surface area contributed by atoms with Gasteiger partial charge in [-0.25, -0.2) is 4.99 Å². The Kier molecular flexibility index (Phi) is 6.40. The van der Waals surface area contributed by atoms with Crippen molar-refractivity contribution < 1.29 is 26.7 Å². The van der Waals surface area contributed by atoms with Gasteiger partial charge in [-0.2, -0.15) is 0 Å². The predicted octanol–water partition coefficient (Wildman–Crippen LogP) is 5.33. The number of para-hydroxylation sites is 1. The highest BCUT2D eigenvalue weighted by Gasteiger charge is 2.20. The van der Waals surface area contributed by atoms with Gasteiger partial charge in [-0.05, 0) is 37.1 Å². The van der Waals surface area contributed by atoms with E-state index in [9.17, 15) is 17.3 Å². The van der Waals surface area contributed by atoms with Crippen molar-refractivity contribution in [2.24, 2.45) is 0 Å². The quantitative estimate of drug-likeness (QED) is 0.349. The van der Waals surface area contributed by atoms with Crippen molar-refractivity contribution in [2.45, 2.75) is 13.8 Å². The summed E-state index contributed by atoms with van der Waals surface area (Å²) < 4.78 is 45.1. The fraction of sp³-hybridized carbons (Fsp3) is 0.0870. The van der Waals surface area contributed by atoms with Crippen molar-refractivity contribution in [1.82, 2.24) is 0 Å². The van der Waals surface area contributed by atoms with Gasteiger partial charge in [-0.15, -0.1) is 0 Å². The topological polar surface area (TPSA) is 27.1 Å². The van der Waals surface area contributed by atoms with Crippen LogP contribution in [0.2, 0.25) is 0 Å². The molecule has 0 unspecified atom stereocenters. The molecule has 1 aromatic heterocycles. The Hall–Kier alpha value is -3.35. The summed E-state index contributed by atoms with van der Waals surface area (Å²) in [5.41, 5.74) is 5.59. The predicted molar refractivity (Wildman–Crippen MR) is 112 cm³/mol. The van der Waals surface area contributed by atoms with Crippen molar-refractivity contribution in [3.05, 3.63) is 95.3 Å². The third kappa shape index (κ3) is 5.83. The number of halogens is 4. The second-order valence-electron chi connectivity index (χ2n) is 6.81. The Labute approximate surface area is 171 Å². The zero-order valence-electron chi connectivity index (χ0n) is 16.5. The average Bonchev–Trinajstić information content (AvgIpc) is 2.70. The number of hydrogen-bond donors (Lipinski definition) is 1. The van der Waals surface area contributed by atoms with E-state index in [1.165, 1.54) is 11.1 Å². The number of rotatable bonds is 2. The maximum atomic E-state index is 9.75. The van der Waals surface area contributed by atoms with Gasteiger partial charge in [0, 0.05) is 17.7 Å². The summed E-state index contributed by atoms with van der Waals surface area (Å²) in [6, 6.07) is 26.8. The third-order valence-electron chi connectivity index (χ3n) is 4.52. The van der Waals surface area contributed by atoms with E-state index in [2.05, 4.69) is 61.3 Å². The minimum Gasteiger partial charge on any atom is -0.456 e. The lowest BCUT2D eigenvalue weighted by Crippen LogP contribution is -2.70. The zero-order valence-corrected chi connectivity index (χ0v) is 16.5. The monoisotopic (exact) mass is 413 g/mol. The van der Waals surface area contributed by atoms with E-state index in [-0.39, 0.29) is 0 Å². The van der Waals surface area contributed by atoms with Gasteiger partial charge in [-0.1, -0.05) is 48.5 Å². The van der Waals surface area contributed by atoms with Gasteiger partial charge in [0.05, 0.1) is 11.5 Å². The second-order valence-corrected chi connectivity index (χ2v) is 6.81. The molecule has 154 valence electrons. The maximum Gasteiger partial charge on any atom is 0.673 e. The first-order valence-electron chi connectivity index (χ1n) is 9.33. The van der Waals surface area contributed by atoms with Gasteiger partial charge in [-0.3, -0.25) is 0 Å². The summed E-state index contributed by atoms with van der Waals surface area (Å²) in [5.74, 6) is 0.852. The molecule has 0 aliphatic heterocycles. The van der Waals surface area contributed by atoms with E-state index in [0.29, 0.717) is 0 Å². The first-order valence-corrected chi connectivity index (χ1v) is 9.33. The van der Waals surface area contributed by atoms with Crippen molar-refractivity contribution in [2.75, 3.05) is 0 Å². The minimum absolute atomic E-state index is 0.852. The van der Waals surface area contributed by atoms with Gasteiger partial charge >= 0.3 is 7.25 Å². The lowest BCUT2D eigenvalue weighted by atomic mass is 10.1. The van der Waals surface area contributed by atoms with Crippen LogP contribution in [-0.4, -0.2) is 7.25 Å². The lowest BCUT2D eigenvalue weighted by molar-refractivity contribution is -0.400. The molecule has 0 fully saturated rings. The van der Waals surface area contributed by atoms with Crippen LogP contribution in [0, 0.1) is 13.8 Å². The highest BCUT2D eigenvalue weighted by Crippen LogP contribution is 2.21. The molecular formula is C23H20BF4NO. The molecule has 0 saturated heterocycles. The maximum absolute atomic E-state index is 9.75. The van der Waals surface area contributed by atoms with Crippen LogP contribution in [0.3, 0.4) is 0 Å². The molecule has 0 bridgehead atoms. The van der Waals surface area contributed by atoms with E-state index in [1.807, 2.05) is 36.4 Å². The second kappa shape index (κ2) is 8.99. The van der Waals surface area contributed by atoms with Crippen LogP contribution in [0.15, 0.2) is 83.3 Å². The molecular weight excluding hydrogens is 393 g/mol. The van der Waals surface area contributed by atoms with E-state index < -0.39 is 7.25 Å². The molecule has 0 aliphatic rings. The van der Waals surface area contributed by atoms with Gasteiger partial charge < -0.3 is 21.7 Å². The standard InChI is InChI=1S/C23H19NO.BF4/c1-16-12-13-19(14-17(16)2)24-21-15-23(18-8-4-3-5-9-18)25-22-11-7-6-10-20(21)22;2-1(3,4)5/h3-15H,1-2H3;/q;-1/p+1. The Morgan fingerprint density at radius 1 is 0.733 bits per heavy atom. The molecule has 1 N–H and O–H groups in total. The number of aryl methyl sites for hydroxylation is 2. The summed E-state index contributed by atoms with van der Waals surface area (Å²) in [6.07, 6.45) is 0. The lowest BCUT2D eigenvalue weighted by Gasteiger charge is -2.03. The average molecular weight is 413 g/mol. The van der Waals surface area contributed by atoms with Crippen LogP contribution in [0.1, 0.15) is 11.1 Å². The number of benzene rings is 3. The van der Waals surface area contributed by atoms with Crippen molar-refractivity contribution >= 4 is 23.9 Å². The van der Waals surface area contributed by atoms with E-state index in [1.54, 1.807) is 0 Å². The summed E-state index contributed by atoms with van der Waals surface area (Å²) in [6.45, 7) is 4.26. The number of hydrogen-bond acceptors (Lipinski definition) is 1. The highest BCUT2D eigenvalue weighted by atomic mass is 19.5. The fourth-order valence-electron chi connectivity index (χ4n) is 2.96. The molecule has 0 amide bonds. The molecule has 7 heteroatoms. The normalized spacial score (nSPS) is 11.9. The largest absolute Gasteiger partial charge is 0.673 e. The minimum atomic E-state index is -6.00. The molecule has 0 saturated carbocycles. The molecule has 30 heavy (non-hydrogen) atoms. The summed E-state index contributed by atoms with van der Waals surface area (Å²) in [7, 11) is -6.00. The molecule has 0 aliphatic carbocycles. The van der Waals surface area contributed by atoms with Crippen molar-refractivity contribution in [1.29, 1.82) is 0 Å². The van der Waals surface area contributed by atoms with Crippen LogP contribution in [-0.2, 0) is 0 Å². The third-order valence-corrected chi connectivity index (χ3v) is 4.52. The van der Waals surface area contributed by atoms with Gasteiger partial charge in [0.1, 0.15) is 11.3 Å². The van der Waals surface area contributed by atoms with E-state index >= 15 is 0 Å². The van der Waals surface area contributed by atoms with Crippen molar-refractivity contribution in [3.8, 4) is 11.3 Å². The van der Waals surface area contributed by atoms with Crippen LogP contribution >= 0.6 is 0 Å². The first kappa shape index (κ1) is 21.4. The Morgan fingerprint density at radius 2 is 1.37 bits per heavy atom. The molecule has 3 aromatic carbocycles. The fourth-order valence-corrected chi connectivity index (χ4v) is 2.96. The van der Waals surface area contributed by atoms with Crippen LogP contribution in [0.4, 0.5) is 23.0 Å². The molecule has 4 rings (SSSR count). The van der Waals surface area contributed by atoms with Crippen LogP contribution < -0.4 is 10.3 Å². The Bertz CT molecular complexity index is 1210. The van der Waals surface area contributed by atoms with Crippen LogP contribution in [0.25, 0.3) is 22.3 Å². The smallest absolute Gasteiger partial charge is 0.456 e. The first-order chi connectivity index (χ1) is 14.2. The number of fused-ring (bicyclic) bond motifs is 1. The van der Waals surface area contributed by atoms with Gasteiger partial charge in [0.25, 0.3) is 0 Å². The van der Waals surface area contributed by atoms with E-state index in [4.69, 9.17) is 4.42 Å². The van der Waals surface area contributed by atoms with Gasteiger partial charge in [0.15, 0.2) is 0 Å². The molecule has 0 radical (unpaired) electrons. The molecule has 2 nitrogen and oxygen atoms in total. The highest BCUT2D eigenvalue weighted by molar-refractivity contribution is 6.50. The summed E-state index contributed by atoms with van der Waals surface area (Å²) in [5, 5.41) is 2.12. The number of nitrogens with one attached hydrogen (secondary N) is 1. The molecule has 0 atom stereocenters. The molecule has 4 aromatic rings. The SMILES string of the molecule is Cc1ccc([NH+]=c2cc(-c3ccccc3)oc3ccccc23)cc1C.F[B-](F)(F)F. The van der Waals surface area contributed by atoms with Crippen LogP contribution in [0.5, 0.6) is 0 Å². The Balaban J connectivity index is 0.000000461. The molecule has 0 spiro atoms.